The lowest BCUT2D eigenvalue weighted by Gasteiger charge is -2.13. The van der Waals surface area contributed by atoms with E-state index in [1.807, 2.05) is 12.1 Å². The van der Waals surface area contributed by atoms with Gasteiger partial charge in [-0.15, -0.1) is 11.3 Å². The van der Waals surface area contributed by atoms with Crippen LogP contribution in [0.1, 0.15) is 21.6 Å². The van der Waals surface area contributed by atoms with Crippen LogP contribution >= 0.6 is 11.3 Å². The number of aromatic nitrogens is 1. The molecule has 0 saturated heterocycles. The van der Waals surface area contributed by atoms with Crippen molar-refractivity contribution in [1.82, 2.24) is 9.29 Å². The molecular formula is C22H24N2O6S2. The molecule has 0 aliphatic carbocycles. The third-order valence-corrected chi connectivity index (χ3v) is 7.48. The predicted octanol–water partition coefficient (Wildman–Crippen LogP) is 3.74. The van der Waals surface area contributed by atoms with E-state index in [0.29, 0.717) is 27.8 Å². The third kappa shape index (κ3) is 4.77. The maximum absolute atomic E-state index is 12.7. The third-order valence-electron chi connectivity index (χ3n) is 4.74. The smallest absolute Gasteiger partial charge is 0.338 e. The van der Waals surface area contributed by atoms with Gasteiger partial charge in [-0.05, 0) is 36.8 Å². The summed E-state index contributed by atoms with van der Waals surface area (Å²) in [5.74, 6) is 0.547. The molecule has 0 saturated carbocycles. The van der Waals surface area contributed by atoms with E-state index in [-0.39, 0.29) is 17.1 Å². The van der Waals surface area contributed by atoms with Crippen molar-refractivity contribution in [3.63, 3.8) is 0 Å². The maximum Gasteiger partial charge on any atom is 0.338 e. The van der Waals surface area contributed by atoms with Gasteiger partial charge in [0.2, 0.25) is 10.0 Å². The number of hydrogen-bond acceptors (Lipinski definition) is 8. The number of benzene rings is 2. The van der Waals surface area contributed by atoms with Gasteiger partial charge in [-0.25, -0.2) is 22.5 Å². The molecule has 0 aliphatic rings. The zero-order valence-electron chi connectivity index (χ0n) is 18.4. The van der Waals surface area contributed by atoms with Crippen molar-refractivity contribution in [1.29, 1.82) is 0 Å². The molecule has 0 atom stereocenters. The van der Waals surface area contributed by atoms with Gasteiger partial charge in [0.25, 0.3) is 0 Å². The van der Waals surface area contributed by atoms with Gasteiger partial charge in [0.05, 0.1) is 35.9 Å². The molecule has 32 heavy (non-hydrogen) atoms. The highest BCUT2D eigenvalue weighted by molar-refractivity contribution is 7.89. The summed E-state index contributed by atoms with van der Waals surface area (Å²) >= 11 is 1.39. The number of ether oxygens (including phenoxy) is 3. The number of sulfonamides is 1. The maximum atomic E-state index is 12.7. The summed E-state index contributed by atoms with van der Waals surface area (Å²) in [5, 5.41) is 2.49. The zero-order chi connectivity index (χ0) is 23.5. The Kier molecular flexibility index (Phi) is 7.17. The molecule has 0 amide bonds. The first-order valence-corrected chi connectivity index (χ1v) is 11.9. The fraction of sp³-hybridized carbons (Fsp3) is 0.273. The molecule has 3 aromatic rings. The Bertz CT molecular complexity index is 1230. The van der Waals surface area contributed by atoms with Crippen molar-refractivity contribution in [2.75, 3.05) is 28.3 Å². The van der Waals surface area contributed by atoms with Crippen LogP contribution in [0.4, 0.5) is 0 Å². The number of thiazole rings is 1. The quantitative estimate of drug-likeness (QED) is 0.457. The summed E-state index contributed by atoms with van der Waals surface area (Å²) in [6, 6.07) is 9.90. The van der Waals surface area contributed by atoms with E-state index in [1.54, 1.807) is 38.7 Å². The van der Waals surface area contributed by atoms with Crippen LogP contribution < -0.4 is 9.47 Å². The number of carbonyl (C=O) groups is 1. The van der Waals surface area contributed by atoms with E-state index in [4.69, 9.17) is 14.2 Å². The minimum atomic E-state index is -3.66. The molecule has 0 radical (unpaired) electrons. The van der Waals surface area contributed by atoms with Crippen molar-refractivity contribution in [3.8, 4) is 22.1 Å². The lowest BCUT2D eigenvalue weighted by Crippen LogP contribution is -2.22. The van der Waals surface area contributed by atoms with Crippen LogP contribution in [0.25, 0.3) is 10.6 Å². The Labute approximate surface area is 191 Å². The van der Waals surface area contributed by atoms with Gasteiger partial charge in [0.1, 0.15) is 11.6 Å². The second-order valence-corrected chi connectivity index (χ2v) is 10.0. The summed E-state index contributed by atoms with van der Waals surface area (Å²) < 4.78 is 42.1. The van der Waals surface area contributed by atoms with Crippen molar-refractivity contribution >= 4 is 27.3 Å². The van der Waals surface area contributed by atoms with Crippen LogP contribution in [0, 0.1) is 6.92 Å². The van der Waals surface area contributed by atoms with E-state index in [2.05, 4.69) is 4.98 Å². The van der Waals surface area contributed by atoms with Gasteiger partial charge in [-0.2, -0.15) is 0 Å². The van der Waals surface area contributed by atoms with Crippen LogP contribution in [-0.4, -0.2) is 52.0 Å². The number of para-hydroxylation sites is 1. The Hall–Kier alpha value is -2.95. The predicted molar refractivity (Wildman–Crippen MR) is 122 cm³/mol. The number of aryl methyl sites for hydroxylation is 1. The van der Waals surface area contributed by atoms with Crippen molar-refractivity contribution in [2.45, 2.75) is 18.4 Å². The van der Waals surface area contributed by atoms with Gasteiger partial charge in [-0.1, -0.05) is 12.1 Å². The van der Waals surface area contributed by atoms with Crippen molar-refractivity contribution < 1.29 is 27.4 Å². The number of hydrogen-bond donors (Lipinski definition) is 0. The average molecular weight is 477 g/mol. The van der Waals surface area contributed by atoms with E-state index in [1.165, 1.54) is 37.6 Å². The van der Waals surface area contributed by atoms with Crippen LogP contribution in [-0.2, 0) is 21.4 Å². The molecule has 0 aliphatic heterocycles. The molecule has 10 heteroatoms. The summed E-state index contributed by atoms with van der Waals surface area (Å²) in [7, 11) is 2.33. The lowest BCUT2D eigenvalue weighted by molar-refractivity contribution is 0.0467. The standard InChI is InChI=1S/C22H24N2O6S2/c1-14-9-10-16(32(26,27)24(2)3)11-18(14)22(25)30-12-15-13-31-21(23-15)17-7-6-8-19(28-4)20(17)29-5/h6-11,13H,12H2,1-5H3. The van der Waals surface area contributed by atoms with Crippen LogP contribution in [0.3, 0.4) is 0 Å². The Morgan fingerprint density at radius 3 is 2.53 bits per heavy atom. The highest BCUT2D eigenvalue weighted by Gasteiger charge is 2.21. The van der Waals surface area contributed by atoms with E-state index >= 15 is 0 Å². The largest absolute Gasteiger partial charge is 0.493 e. The molecule has 2 aromatic carbocycles. The van der Waals surface area contributed by atoms with Crippen LogP contribution in [0.15, 0.2) is 46.7 Å². The number of methoxy groups -OCH3 is 2. The number of esters is 1. The normalized spacial score (nSPS) is 11.4. The fourth-order valence-corrected chi connectivity index (χ4v) is 4.72. The molecule has 0 unspecified atom stereocenters. The molecule has 0 spiro atoms. The molecule has 1 aromatic heterocycles. The Balaban J connectivity index is 1.78. The first-order valence-electron chi connectivity index (χ1n) is 9.55. The summed E-state index contributed by atoms with van der Waals surface area (Å²) in [6.45, 7) is 1.67. The first-order chi connectivity index (χ1) is 15.2. The zero-order valence-corrected chi connectivity index (χ0v) is 20.0. The fourth-order valence-electron chi connectivity index (χ4n) is 2.96. The van der Waals surface area contributed by atoms with Crippen LogP contribution in [0.5, 0.6) is 11.5 Å². The molecule has 3 rings (SSSR count). The summed E-state index contributed by atoms with van der Waals surface area (Å²) in [5.41, 5.74) is 2.15. The number of rotatable bonds is 8. The lowest BCUT2D eigenvalue weighted by atomic mass is 10.1. The van der Waals surface area contributed by atoms with Gasteiger partial charge in [-0.3, -0.25) is 0 Å². The first kappa shape index (κ1) is 23.7. The minimum absolute atomic E-state index is 0.0288. The van der Waals surface area contributed by atoms with E-state index < -0.39 is 16.0 Å². The Morgan fingerprint density at radius 1 is 1.12 bits per heavy atom. The topological polar surface area (TPSA) is 95.0 Å². The molecule has 1 heterocycles. The highest BCUT2D eigenvalue weighted by atomic mass is 32.2. The van der Waals surface area contributed by atoms with Gasteiger partial charge in [0.15, 0.2) is 11.5 Å². The van der Waals surface area contributed by atoms with Gasteiger partial charge in [0, 0.05) is 19.5 Å². The minimum Gasteiger partial charge on any atom is -0.493 e. The molecular weight excluding hydrogens is 452 g/mol. The van der Waals surface area contributed by atoms with Crippen LogP contribution in [0.2, 0.25) is 0 Å². The monoisotopic (exact) mass is 476 g/mol. The Morgan fingerprint density at radius 2 is 1.88 bits per heavy atom. The number of nitrogens with zero attached hydrogens (tertiary/aromatic N) is 2. The number of carbonyl (C=O) groups excluding carboxylic acids is 1. The van der Waals surface area contributed by atoms with E-state index in [0.717, 1.165) is 9.87 Å². The molecule has 0 fully saturated rings. The molecule has 0 bridgehead atoms. The van der Waals surface area contributed by atoms with E-state index in [9.17, 15) is 13.2 Å². The van der Waals surface area contributed by atoms with Gasteiger partial charge >= 0.3 is 5.97 Å². The second kappa shape index (κ2) is 9.68. The average Bonchev–Trinajstić information content (AvgIpc) is 3.25. The van der Waals surface area contributed by atoms with Gasteiger partial charge < -0.3 is 14.2 Å². The SMILES string of the molecule is COc1cccc(-c2nc(COC(=O)c3cc(S(=O)(=O)N(C)C)ccc3C)cs2)c1OC. The summed E-state index contributed by atoms with van der Waals surface area (Å²) in [6.07, 6.45) is 0. The van der Waals surface area contributed by atoms with Crippen molar-refractivity contribution in [2.24, 2.45) is 0 Å². The molecule has 170 valence electrons. The molecule has 0 N–H and O–H groups in total. The summed E-state index contributed by atoms with van der Waals surface area (Å²) in [4.78, 5) is 17.2. The van der Waals surface area contributed by atoms with Crippen molar-refractivity contribution in [3.05, 3.63) is 58.6 Å². The molecule has 8 nitrogen and oxygen atoms in total. The highest BCUT2D eigenvalue weighted by Crippen LogP contribution is 2.39. The second-order valence-electron chi connectivity index (χ2n) is 7.03.